The van der Waals surface area contributed by atoms with Crippen LogP contribution in [0, 0.1) is 0 Å². The SMILES string of the molecule is NCC(O)c1cc(Cl)cc2c1OCO2. The van der Waals surface area contributed by atoms with Crippen molar-refractivity contribution >= 4 is 11.6 Å². The number of aliphatic hydroxyl groups is 1. The molecule has 4 nitrogen and oxygen atoms in total. The zero-order valence-electron chi connectivity index (χ0n) is 7.37. The quantitative estimate of drug-likeness (QED) is 0.775. The van der Waals surface area contributed by atoms with Gasteiger partial charge in [-0.25, -0.2) is 0 Å². The number of nitrogens with two attached hydrogens (primary N) is 1. The molecule has 0 radical (unpaired) electrons. The van der Waals surface area contributed by atoms with Crippen LogP contribution in [-0.2, 0) is 0 Å². The number of hydrogen-bond acceptors (Lipinski definition) is 4. The molecule has 1 aromatic carbocycles. The van der Waals surface area contributed by atoms with E-state index in [2.05, 4.69) is 0 Å². The molecule has 0 fully saturated rings. The van der Waals surface area contributed by atoms with Crippen molar-refractivity contribution in [1.29, 1.82) is 0 Å². The van der Waals surface area contributed by atoms with Gasteiger partial charge in [-0.15, -0.1) is 0 Å². The van der Waals surface area contributed by atoms with Gasteiger partial charge in [-0.3, -0.25) is 0 Å². The van der Waals surface area contributed by atoms with E-state index in [0.29, 0.717) is 22.1 Å². The predicted octanol–water partition coefficient (Wildman–Crippen LogP) is 1.06. The Morgan fingerprint density at radius 3 is 3.00 bits per heavy atom. The van der Waals surface area contributed by atoms with Crippen LogP contribution in [0.3, 0.4) is 0 Å². The van der Waals surface area contributed by atoms with E-state index in [1.165, 1.54) is 0 Å². The molecule has 0 saturated carbocycles. The smallest absolute Gasteiger partial charge is 0.231 e. The third kappa shape index (κ3) is 1.52. The topological polar surface area (TPSA) is 64.7 Å². The summed E-state index contributed by atoms with van der Waals surface area (Å²) >= 11 is 5.84. The van der Waals surface area contributed by atoms with Gasteiger partial charge in [-0.1, -0.05) is 11.6 Å². The first kappa shape index (κ1) is 9.58. The Labute approximate surface area is 86.2 Å². The average molecular weight is 216 g/mol. The summed E-state index contributed by atoms with van der Waals surface area (Å²) in [7, 11) is 0. The highest BCUT2D eigenvalue weighted by atomic mass is 35.5. The number of aliphatic hydroxyl groups excluding tert-OH is 1. The van der Waals surface area contributed by atoms with Crippen LogP contribution in [-0.4, -0.2) is 18.4 Å². The van der Waals surface area contributed by atoms with E-state index in [0.717, 1.165) is 0 Å². The Morgan fingerprint density at radius 1 is 1.50 bits per heavy atom. The molecule has 2 rings (SSSR count). The molecule has 0 bridgehead atoms. The normalized spacial score (nSPS) is 15.6. The van der Waals surface area contributed by atoms with Gasteiger partial charge in [0.1, 0.15) is 0 Å². The molecule has 14 heavy (non-hydrogen) atoms. The van der Waals surface area contributed by atoms with Gasteiger partial charge in [0, 0.05) is 23.2 Å². The summed E-state index contributed by atoms with van der Waals surface area (Å²) in [5.41, 5.74) is 5.94. The standard InChI is InChI=1S/C9H10ClNO3/c10-5-1-6(7(12)3-11)9-8(2-5)13-4-14-9/h1-2,7,12H,3-4,11H2. The number of halogens is 1. The second-order valence-electron chi connectivity index (χ2n) is 2.98. The highest BCUT2D eigenvalue weighted by molar-refractivity contribution is 6.30. The molecule has 0 spiro atoms. The maximum Gasteiger partial charge on any atom is 0.231 e. The fourth-order valence-electron chi connectivity index (χ4n) is 1.38. The third-order valence-corrected chi connectivity index (χ3v) is 2.27. The Kier molecular flexibility index (Phi) is 2.50. The van der Waals surface area contributed by atoms with E-state index in [1.54, 1.807) is 12.1 Å². The monoisotopic (exact) mass is 215 g/mol. The van der Waals surface area contributed by atoms with Gasteiger partial charge in [0.15, 0.2) is 11.5 Å². The van der Waals surface area contributed by atoms with Gasteiger partial charge >= 0.3 is 0 Å². The second-order valence-corrected chi connectivity index (χ2v) is 3.42. The summed E-state index contributed by atoms with van der Waals surface area (Å²) < 4.78 is 10.4. The number of ether oxygens (including phenoxy) is 2. The summed E-state index contributed by atoms with van der Waals surface area (Å²) in [6.07, 6.45) is -0.774. The molecule has 0 aromatic heterocycles. The molecule has 1 aliphatic heterocycles. The van der Waals surface area contributed by atoms with Crippen LogP contribution in [0.15, 0.2) is 12.1 Å². The van der Waals surface area contributed by atoms with Crippen molar-refractivity contribution in [3.63, 3.8) is 0 Å². The van der Waals surface area contributed by atoms with Crippen molar-refractivity contribution in [2.45, 2.75) is 6.10 Å². The molecular formula is C9H10ClNO3. The second kappa shape index (κ2) is 3.65. The zero-order chi connectivity index (χ0) is 10.1. The summed E-state index contributed by atoms with van der Waals surface area (Å²) in [5, 5.41) is 10.1. The first-order chi connectivity index (χ1) is 6.72. The van der Waals surface area contributed by atoms with E-state index in [1.807, 2.05) is 0 Å². The highest BCUT2D eigenvalue weighted by Gasteiger charge is 2.22. The van der Waals surface area contributed by atoms with Crippen molar-refractivity contribution in [1.82, 2.24) is 0 Å². The maximum atomic E-state index is 9.60. The Balaban J connectivity index is 2.48. The number of rotatable bonds is 2. The fraction of sp³-hybridized carbons (Fsp3) is 0.333. The summed E-state index contributed by atoms with van der Waals surface area (Å²) in [6.45, 7) is 0.274. The molecule has 76 valence electrons. The van der Waals surface area contributed by atoms with E-state index in [-0.39, 0.29) is 13.3 Å². The summed E-state index contributed by atoms with van der Waals surface area (Å²) in [5.74, 6) is 1.09. The van der Waals surface area contributed by atoms with E-state index < -0.39 is 6.10 Å². The van der Waals surface area contributed by atoms with Crippen molar-refractivity contribution in [2.75, 3.05) is 13.3 Å². The molecule has 3 N–H and O–H groups in total. The van der Waals surface area contributed by atoms with E-state index >= 15 is 0 Å². The van der Waals surface area contributed by atoms with Gasteiger partial charge in [-0.05, 0) is 6.07 Å². The van der Waals surface area contributed by atoms with Crippen molar-refractivity contribution in [2.24, 2.45) is 5.73 Å². The fourth-order valence-corrected chi connectivity index (χ4v) is 1.59. The van der Waals surface area contributed by atoms with Gasteiger partial charge in [0.25, 0.3) is 0 Å². The lowest BCUT2D eigenvalue weighted by molar-refractivity contribution is 0.161. The first-order valence-electron chi connectivity index (χ1n) is 4.19. The van der Waals surface area contributed by atoms with Crippen LogP contribution in [0.4, 0.5) is 0 Å². The summed E-state index contributed by atoms with van der Waals surface area (Å²) in [4.78, 5) is 0. The van der Waals surface area contributed by atoms with E-state index in [9.17, 15) is 5.11 Å². The van der Waals surface area contributed by atoms with Crippen LogP contribution < -0.4 is 15.2 Å². The minimum atomic E-state index is -0.774. The van der Waals surface area contributed by atoms with Crippen molar-refractivity contribution in [3.8, 4) is 11.5 Å². The van der Waals surface area contributed by atoms with Gasteiger partial charge in [0.05, 0.1) is 6.10 Å². The minimum Gasteiger partial charge on any atom is -0.454 e. The average Bonchev–Trinajstić information content (AvgIpc) is 2.62. The maximum absolute atomic E-state index is 9.60. The Morgan fingerprint density at radius 2 is 2.29 bits per heavy atom. The highest BCUT2D eigenvalue weighted by Crippen LogP contribution is 2.40. The summed E-state index contributed by atoms with van der Waals surface area (Å²) in [6, 6.07) is 3.28. The van der Waals surface area contributed by atoms with Crippen LogP contribution in [0.2, 0.25) is 5.02 Å². The Bertz CT molecular complexity index is 356. The molecule has 1 aromatic rings. The third-order valence-electron chi connectivity index (χ3n) is 2.05. The molecule has 0 saturated heterocycles. The Hall–Kier alpha value is -0.970. The number of benzene rings is 1. The van der Waals surface area contributed by atoms with Gasteiger partial charge in [0.2, 0.25) is 6.79 Å². The van der Waals surface area contributed by atoms with Crippen LogP contribution in [0.5, 0.6) is 11.5 Å². The molecule has 0 amide bonds. The first-order valence-corrected chi connectivity index (χ1v) is 4.57. The van der Waals surface area contributed by atoms with Gasteiger partial charge in [-0.2, -0.15) is 0 Å². The van der Waals surface area contributed by atoms with Crippen molar-refractivity contribution in [3.05, 3.63) is 22.7 Å². The van der Waals surface area contributed by atoms with Crippen molar-refractivity contribution < 1.29 is 14.6 Å². The molecule has 1 atom stereocenters. The van der Waals surface area contributed by atoms with Crippen LogP contribution >= 0.6 is 11.6 Å². The minimum absolute atomic E-state index is 0.121. The van der Waals surface area contributed by atoms with Crippen LogP contribution in [0.1, 0.15) is 11.7 Å². The van der Waals surface area contributed by atoms with Gasteiger partial charge < -0.3 is 20.3 Å². The molecular weight excluding hydrogens is 206 g/mol. The molecule has 0 aliphatic carbocycles. The molecule has 1 unspecified atom stereocenters. The lowest BCUT2D eigenvalue weighted by Crippen LogP contribution is -2.12. The largest absolute Gasteiger partial charge is 0.454 e. The number of fused-ring (bicyclic) bond motifs is 1. The zero-order valence-corrected chi connectivity index (χ0v) is 8.12. The number of hydrogen-bond donors (Lipinski definition) is 2. The predicted molar refractivity (Wildman–Crippen MR) is 51.6 cm³/mol. The van der Waals surface area contributed by atoms with Crippen LogP contribution in [0.25, 0.3) is 0 Å². The molecule has 1 heterocycles. The molecule has 1 aliphatic rings. The lowest BCUT2D eigenvalue weighted by atomic mass is 10.1. The molecule has 5 heteroatoms. The lowest BCUT2D eigenvalue weighted by Gasteiger charge is -2.11. The van der Waals surface area contributed by atoms with E-state index in [4.69, 9.17) is 26.8 Å².